The predicted octanol–water partition coefficient (Wildman–Crippen LogP) is 2.78. The number of carbonyl (C=O) groups excluding carboxylic acids is 1. The van der Waals surface area contributed by atoms with Crippen LogP contribution < -0.4 is 10.5 Å². The molecule has 0 unspecified atom stereocenters. The number of ether oxygens (including phenoxy) is 2. The lowest BCUT2D eigenvalue weighted by molar-refractivity contribution is 0.0527. The molecule has 2 aromatic rings. The van der Waals surface area contributed by atoms with Crippen molar-refractivity contribution in [3.63, 3.8) is 0 Å². The minimum Gasteiger partial charge on any atom is -0.494 e. The Hall–Kier alpha value is -2.30. The van der Waals surface area contributed by atoms with E-state index in [0.29, 0.717) is 30.0 Å². The van der Waals surface area contributed by atoms with Crippen LogP contribution in [-0.4, -0.2) is 24.2 Å². The number of hydrogen-bond acceptors (Lipinski definition) is 5. The molecule has 0 atom stereocenters. The van der Waals surface area contributed by atoms with Gasteiger partial charge in [-0.2, -0.15) is 0 Å². The van der Waals surface area contributed by atoms with Crippen molar-refractivity contribution in [2.45, 2.75) is 20.3 Å². The summed E-state index contributed by atoms with van der Waals surface area (Å²) in [4.78, 5) is 16.0. The molecular weight excluding hydrogens is 256 g/mol. The van der Waals surface area contributed by atoms with E-state index in [1.165, 1.54) is 6.20 Å². The zero-order valence-corrected chi connectivity index (χ0v) is 11.7. The summed E-state index contributed by atoms with van der Waals surface area (Å²) in [6.07, 6.45) is 2.37. The van der Waals surface area contributed by atoms with Crippen molar-refractivity contribution in [1.29, 1.82) is 0 Å². The van der Waals surface area contributed by atoms with E-state index in [1.54, 1.807) is 13.0 Å². The molecule has 0 saturated heterocycles. The number of hydrogen-bond donors (Lipinski definition) is 1. The summed E-state index contributed by atoms with van der Waals surface area (Å²) in [6, 6.07) is 5.47. The fraction of sp³-hybridized carbons (Fsp3) is 0.333. The first kappa shape index (κ1) is 14.1. The molecule has 2 rings (SSSR count). The van der Waals surface area contributed by atoms with Crippen LogP contribution in [0.3, 0.4) is 0 Å². The van der Waals surface area contributed by atoms with Crippen molar-refractivity contribution in [1.82, 2.24) is 4.98 Å². The van der Waals surface area contributed by atoms with Crippen molar-refractivity contribution in [2.75, 3.05) is 18.9 Å². The van der Waals surface area contributed by atoms with Crippen LogP contribution in [0.5, 0.6) is 5.75 Å². The van der Waals surface area contributed by atoms with Gasteiger partial charge in [0.15, 0.2) is 0 Å². The highest BCUT2D eigenvalue weighted by molar-refractivity contribution is 6.04. The van der Waals surface area contributed by atoms with Crippen LogP contribution in [0.4, 0.5) is 5.69 Å². The molecule has 0 aliphatic rings. The molecule has 0 fully saturated rings. The Labute approximate surface area is 117 Å². The second kappa shape index (κ2) is 6.23. The van der Waals surface area contributed by atoms with Crippen LogP contribution in [0.2, 0.25) is 0 Å². The summed E-state index contributed by atoms with van der Waals surface area (Å²) in [5.74, 6) is 0.258. The van der Waals surface area contributed by atoms with Crippen LogP contribution in [0, 0.1) is 0 Å². The van der Waals surface area contributed by atoms with Gasteiger partial charge in [0.1, 0.15) is 11.3 Å². The van der Waals surface area contributed by atoms with Crippen molar-refractivity contribution in [3.8, 4) is 5.75 Å². The summed E-state index contributed by atoms with van der Waals surface area (Å²) in [5.41, 5.74) is 7.43. The number of rotatable bonds is 5. The van der Waals surface area contributed by atoms with Gasteiger partial charge in [0.2, 0.25) is 0 Å². The molecule has 0 radical (unpaired) electrons. The molecule has 0 saturated carbocycles. The average Bonchev–Trinajstić information content (AvgIpc) is 2.46. The number of nitrogen functional groups attached to an aromatic ring is 1. The lowest BCUT2D eigenvalue weighted by Gasteiger charge is -2.10. The van der Waals surface area contributed by atoms with Gasteiger partial charge in [-0.1, -0.05) is 6.92 Å². The third-order valence-corrected chi connectivity index (χ3v) is 2.85. The van der Waals surface area contributed by atoms with Gasteiger partial charge in [-0.15, -0.1) is 0 Å². The quantitative estimate of drug-likeness (QED) is 0.848. The second-order valence-electron chi connectivity index (χ2n) is 4.33. The Morgan fingerprint density at radius 2 is 2.15 bits per heavy atom. The Morgan fingerprint density at radius 1 is 1.35 bits per heavy atom. The minimum absolute atomic E-state index is 0.284. The van der Waals surface area contributed by atoms with Crippen molar-refractivity contribution in [3.05, 3.63) is 30.0 Å². The Morgan fingerprint density at radius 3 is 2.85 bits per heavy atom. The number of aromatic nitrogens is 1. The normalized spacial score (nSPS) is 10.5. The van der Waals surface area contributed by atoms with E-state index in [1.807, 2.05) is 19.1 Å². The molecular formula is C15H18N2O3. The lowest BCUT2D eigenvalue weighted by atomic mass is 10.1. The number of carbonyl (C=O) groups is 1. The zero-order chi connectivity index (χ0) is 14.5. The van der Waals surface area contributed by atoms with Crippen molar-refractivity contribution in [2.24, 2.45) is 0 Å². The molecule has 0 aliphatic heterocycles. The molecule has 0 bridgehead atoms. The first-order chi connectivity index (χ1) is 9.67. The number of benzene rings is 1. The van der Waals surface area contributed by atoms with Gasteiger partial charge >= 0.3 is 5.97 Å². The van der Waals surface area contributed by atoms with E-state index in [0.717, 1.165) is 11.9 Å². The molecule has 0 amide bonds. The molecule has 5 heteroatoms. The van der Waals surface area contributed by atoms with Gasteiger partial charge in [-0.25, -0.2) is 4.79 Å². The summed E-state index contributed by atoms with van der Waals surface area (Å²) in [5, 5.41) is 0.698. The number of nitrogens with zero attached hydrogens (tertiary/aromatic N) is 1. The number of pyridine rings is 1. The maximum Gasteiger partial charge on any atom is 0.341 e. The fourth-order valence-electron chi connectivity index (χ4n) is 1.87. The topological polar surface area (TPSA) is 74.4 Å². The summed E-state index contributed by atoms with van der Waals surface area (Å²) in [7, 11) is 0. The largest absolute Gasteiger partial charge is 0.494 e. The molecule has 5 nitrogen and oxygen atoms in total. The summed E-state index contributed by atoms with van der Waals surface area (Å²) >= 11 is 0. The molecule has 0 aliphatic carbocycles. The van der Waals surface area contributed by atoms with E-state index < -0.39 is 5.97 Å². The molecule has 1 heterocycles. The first-order valence-corrected chi connectivity index (χ1v) is 6.65. The van der Waals surface area contributed by atoms with E-state index in [2.05, 4.69) is 4.98 Å². The van der Waals surface area contributed by atoms with Gasteiger partial charge in [0.05, 0.1) is 24.4 Å². The third-order valence-electron chi connectivity index (χ3n) is 2.85. The molecule has 1 aromatic carbocycles. The van der Waals surface area contributed by atoms with Crippen LogP contribution >= 0.6 is 0 Å². The van der Waals surface area contributed by atoms with Crippen molar-refractivity contribution < 1.29 is 14.3 Å². The standard InChI is InChI=1S/C15H18N2O3/c1-3-7-20-10-5-6-13-11(8-10)14(16)12(9-17-13)15(18)19-4-2/h5-6,8-9H,3-4,7H2,1-2H3,(H2,16,17). The number of esters is 1. The average molecular weight is 274 g/mol. The number of anilines is 1. The lowest BCUT2D eigenvalue weighted by Crippen LogP contribution is -2.09. The monoisotopic (exact) mass is 274 g/mol. The summed E-state index contributed by atoms with van der Waals surface area (Å²) < 4.78 is 10.5. The van der Waals surface area contributed by atoms with Crippen LogP contribution in [0.15, 0.2) is 24.4 Å². The third kappa shape index (κ3) is 2.82. The maximum absolute atomic E-state index is 11.8. The smallest absolute Gasteiger partial charge is 0.341 e. The number of fused-ring (bicyclic) bond motifs is 1. The van der Waals surface area contributed by atoms with Gasteiger partial charge in [0, 0.05) is 11.6 Å². The van der Waals surface area contributed by atoms with Gasteiger partial charge in [-0.3, -0.25) is 4.98 Å². The molecule has 0 spiro atoms. The van der Waals surface area contributed by atoms with E-state index in [4.69, 9.17) is 15.2 Å². The first-order valence-electron chi connectivity index (χ1n) is 6.65. The fourth-order valence-corrected chi connectivity index (χ4v) is 1.87. The maximum atomic E-state index is 11.8. The summed E-state index contributed by atoms with van der Waals surface area (Å²) in [6.45, 7) is 4.72. The zero-order valence-electron chi connectivity index (χ0n) is 11.7. The molecule has 106 valence electrons. The highest BCUT2D eigenvalue weighted by atomic mass is 16.5. The SMILES string of the molecule is CCCOc1ccc2ncc(C(=O)OCC)c(N)c2c1. The molecule has 1 aromatic heterocycles. The highest BCUT2D eigenvalue weighted by Gasteiger charge is 2.14. The second-order valence-corrected chi connectivity index (χ2v) is 4.33. The van der Waals surface area contributed by atoms with E-state index in [9.17, 15) is 4.79 Å². The molecule has 2 N–H and O–H groups in total. The minimum atomic E-state index is -0.459. The Bertz CT molecular complexity index is 626. The highest BCUT2D eigenvalue weighted by Crippen LogP contribution is 2.27. The van der Waals surface area contributed by atoms with Crippen LogP contribution in [-0.2, 0) is 4.74 Å². The van der Waals surface area contributed by atoms with Gasteiger partial charge in [0.25, 0.3) is 0 Å². The van der Waals surface area contributed by atoms with Crippen LogP contribution in [0.1, 0.15) is 30.6 Å². The van der Waals surface area contributed by atoms with E-state index in [-0.39, 0.29) is 5.56 Å². The van der Waals surface area contributed by atoms with Gasteiger partial charge < -0.3 is 15.2 Å². The Kier molecular flexibility index (Phi) is 4.40. The van der Waals surface area contributed by atoms with Crippen LogP contribution in [0.25, 0.3) is 10.9 Å². The molecule has 20 heavy (non-hydrogen) atoms. The van der Waals surface area contributed by atoms with Crippen molar-refractivity contribution >= 4 is 22.6 Å². The Balaban J connectivity index is 2.44. The number of nitrogens with two attached hydrogens (primary N) is 1. The van der Waals surface area contributed by atoms with E-state index >= 15 is 0 Å². The van der Waals surface area contributed by atoms with Gasteiger partial charge in [-0.05, 0) is 31.5 Å². The predicted molar refractivity (Wildman–Crippen MR) is 77.9 cm³/mol.